The third-order valence-corrected chi connectivity index (χ3v) is 2.84. The molecule has 1 aromatic rings. The van der Waals surface area contributed by atoms with Crippen molar-refractivity contribution < 1.29 is 9.59 Å². The van der Waals surface area contributed by atoms with E-state index < -0.39 is 11.9 Å². The van der Waals surface area contributed by atoms with Gasteiger partial charge in [-0.3, -0.25) is 9.59 Å². The van der Waals surface area contributed by atoms with Gasteiger partial charge in [0.15, 0.2) is 0 Å². The van der Waals surface area contributed by atoms with Crippen molar-refractivity contribution in [1.82, 2.24) is 0 Å². The molecule has 0 aliphatic carbocycles. The second kappa shape index (κ2) is 5.84. The highest BCUT2D eigenvalue weighted by Crippen LogP contribution is 2.20. The number of rotatable bonds is 4. The highest BCUT2D eigenvalue weighted by atomic mass is 35.5. The zero-order valence-corrected chi connectivity index (χ0v) is 11.0. The number of nitrogens with one attached hydrogen (secondary N) is 1. The van der Waals surface area contributed by atoms with Gasteiger partial charge in [-0.05, 0) is 24.1 Å². The van der Waals surface area contributed by atoms with E-state index in [1.165, 1.54) is 12.1 Å². The average molecular weight is 270 g/mol. The lowest BCUT2D eigenvalue weighted by atomic mass is 10.0. The molecule has 1 rings (SSSR count). The molecule has 0 unspecified atom stereocenters. The smallest absolute Gasteiger partial charge is 0.250 e. The Kier molecular flexibility index (Phi) is 4.69. The molecular weight excluding hydrogens is 254 g/mol. The summed E-state index contributed by atoms with van der Waals surface area (Å²) in [6.07, 6.45) is 0. The van der Waals surface area contributed by atoms with Gasteiger partial charge in [0.05, 0.1) is 16.6 Å². The fourth-order valence-corrected chi connectivity index (χ4v) is 1.59. The molecule has 1 aromatic carbocycles. The maximum absolute atomic E-state index is 11.7. The van der Waals surface area contributed by atoms with Crippen molar-refractivity contribution in [1.29, 1.82) is 0 Å². The SMILES string of the molecule is CC(C)[C@@H](N)C(=O)Nc1ccc(C(N)=O)c(Cl)c1. The van der Waals surface area contributed by atoms with Crippen molar-refractivity contribution >= 4 is 29.1 Å². The number of nitrogens with two attached hydrogens (primary N) is 2. The summed E-state index contributed by atoms with van der Waals surface area (Å²) >= 11 is 5.87. The highest BCUT2D eigenvalue weighted by molar-refractivity contribution is 6.34. The van der Waals surface area contributed by atoms with E-state index >= 15 is 0 Å². The number of halogens is 1. The minimum absolute atomic E-state index is 0.0327. The summed E-state index contributed by atoms with van der Waals surface area (Å²) in [6.45, 7) is 3.71. The van der Waals surface area contributed by atoms with Crippen LogP contribution in [0.2, 0.25) is 5.02 Å². The monoisotopic (exact) mass is 269 g/mol. The van der Waals surface area contributed by atoms with Crippen LogP contribution in [0.15, 0.2) is 18.2 Å². The number of carbonyl (C=O) groups excluding carboxylic acids is 2. The van der Waals surface area contributed by atoms with Crippen molar-refractivity contribution in [2.24, 2.45) is 17.4 Å². The van der Waals surface area contributed by atoms with Crippen LogP contribution in [0.25, 0.3) is 0 Å². The molecule has 2 amide bonds. The zero-order chi connectivity index (χ0) is 13.9. The molecule has 0 saturated heterocycles. The van der Waals surface area contributed by atoms with Gasteiger partial charge in [0.25, 0.3) is 0 Å². The van der Waals surface area contributed by atoms with E-state index in [-0.39, 0.29) is 22.4 Å². The van der Waals surface area contributed by atoms with Crippen LogP contribution in [0, 0.1) is 5.92 Å². The lowest BCUT2D eigenvalue weighted by molar-refractivity contribution is -0.118. The predicted octanol–water partition coefficient (Wildman–Crippen LogP) is 1.36. The first kappa shape index (κ1) is 14.5. The van der Waals surface area contributed by atoms with E-state index in [9.17, 15) is 9.59 Å². The minimum Gasteiger partial charge on any atom is -0.366 e. The standard InChI is InChI=1S/C12H16ClN3O2/c1-6(2)10(14)12(18)16-7-3-4-8(11(15)17)9(13)5-7/h3-6,10H,14H2,1-2H3,(H2,15,17)(H,16,18)/t10-/m1/s1. The van der Waals surface area contributed by atoms with Crippen molar-refractivity contribution in [2.75, 3.05) is 5.32 Å². The van der Waals surface area contributed by atoms with E-state index in [1.807, 2.05) is 13.8 Å². The second-order valence-electron chi connectivity index (χ2n) is 4.32. The fourth-order valence-electron chi connectivity index (χ4n) is 1.32. The Morgan fingerprint density at radius 1 is 1.33 bits per heavy atom. The molecule has 0 aliphatic rings. The van der Waals surface area contributed by atoms with E-state index in [2.05, 4.69) is 5.32 Å². The predicted molar refractivity (Wildman–Crippen MR) is 71.4 cm³/mol. The quantitative estimate of drug-likeness (QED) is 0.770. The van der Waals surface area contributed by atoms with Crippen molar-refractivity contribution in [3.63, 3.8) is 0 Å². The second-order valence-corrected chi connectivity index (χ2v) is 4.73. The molecule has 0 aliphatic heterocycles. The molecule has 0 heterocycles. The lowest BCUT2D eigenvalue weighted by Gasteiger charge is -2.15. The maximum atomic E-state index is 11.7. The number of primary amides is 1. The van der Waals surface area contributed by atoms with Crippen LogP contribution in [0.5, 0.6) is 0 Å². The average Bonchev–Trinajstić information content (AvgIpc) is 2.27. The molecule has 6 heteroatoms. The zero-order valence-electron chi connectivity index (χ0n) is 10.2. The maximum Gasteiger partial charge on any atom is 0.250 e. The number of amides is 2. The van der Waals surface area contributed by atoms with E-state index in [4.69, 9.17) is 23.1 Å². The molecular formula is C12H16ClN3O2. The van der Waals surface area contributed by atoms with Gasteiger partial charge >= 0.3 is 0 Å². The van der Waals surface area contributed by atoms with Crippen molar-refractivity contribution in [3.8, 4) is 0 Å². The summed E-state index contributed by atoms with van der Waals surface area (Å²) in [6, 6.07) is 3.88. The number of benzene rings is 1. The van der Waals surface area contributed by atoms with Crippen molar-refractivity contribution in [2.45, 2.75) is 19.9 Å². The molecule has 18 heavy (non-hydrogen) atoms. The highest BCUT2D eigenvalue weighted by Gasteiger charge is 2.17. The molecule has 5 nitrogen and oxygen atoms in total. The summed E-state index contributed by atoms with van der Waals surface area (Å²) in [7, 11) is 0. The third kappa shape index (κ3) is 3.45. The first-order valence-electron chi connectivity index (χ1n) is 5.48. The summed E-state index contributed by atoms with van der Waals surface area (Å²) in [5.41, 5.74) is 11.5. The molecule has 1 atom stereocenters. The first-order valence-corrected chi connectivity index (χ1v) is 5.86. The number of hydrogen-bond donors (Lipinski definition) is 3. The van der Waals surface area contributed by atoms with Gasteiger partial charge in [0.1, 0.15) is 0 Å². The van der Waals surface area contributed by atoms with Gasteiger partial charge in [-0.15, -0.1) is 0 Å². The summed E-state index contributed by atoms with van der Waals surface area (Å²) < 4.78 is 0. The Labute approximate surface area is 110 Å². The van der Waals surface area contributed by atoms with Crippen molar-refractivity contribution in [3.05, 3.63) is 28.8 Å². The van der Waals surface area contributed by atoms with Crippen LogP contribution < -0.4 is 16.8 Å². The van der Waals surface area contributed by atoms with Gasteiger partial charge in [-0.1, -0.05) is 25.4 Å². The molecule has 98 valence electrons. The van der Waals surface area contributed by atoms with Crippen LogP contribution in [-0.2, 0) is 4.79 Å². The Morgan fingerprint density at radius 3 is 2.39 bits per heavy atom. The summed E-state index contributed by atoms with van der Waals surface area (Å²) in [4.78, 5) is 22.7. The largest absolute Gasteiger partial charge is 0.366 e. The fraction of sp³-hybridized carbons (Fsp3) is 0.333. The molecule has 0 saturated carbocycles. The molecule has 0 spiro atoms. The Morgan fingerprint density at radius 2 is 1.94 bits per heavy atom. The lowest BCUT2D eigenvalue weighted by Crippen LogP contribution is -2.39. The van der Waals surface area contributed by atoms with Crippen LogP contribution >= 0.6 is 11.6 Å². The normalized spacial score (nSPS) is 12.3. The van der Waals surface area contributed by atoms with Gasteiger partial charge in [0, 0.05) is 5.69 Å². The van der Waals surface area contributed by atoms with E-state index in [0.29, 0.717) is 5.69 Å². The van der Waals surface area contributed by atoms with Crippen LogP contribution in [0.1, 0.15) is 24.2 Å². The summed E-state index contributed by atoms with van der Waals surface area (Å²) in [5, 5.41) is 2.82. The third-order valence-electron chi connectivity index (χ3n) is 2.52. The topological polar surface area (TPSA) is 98.2 Å². The van der Waals surface area contributed by atoms with Gasteiger partial charge in [0.2, 0.25) is 11.8 Å². The minimum atomic E-state index is -0.614. The Balaban J connectivity index is 2.84. The Hall–Kier alpha value is -1.59. The van der Waals surface area contributed by atoms with Gasteiger partial charge in [-0.25, -0.2) is 0 Å². The van der Waals surface area contributed by atoms with E-state index in [0.717, 1.165) is 0 Å². The molecule has 5 N–H and O–H groups in total. The first-order chi connectivity index (χ1) is 8.32. The molecule has 0 bridgehead atoms. The van der Waals surface area contributed by atoms with Crippen LogP contribution in [-0.4, -0.2) is 17.9 Å². The number of hydrogen-bond acceptors (Lipinski definition) is 3. The summed E-state index contributed by atoms with van der Waals surface area (Å²) in [5.74, 6) is -0.880. The van der Waals surface area contributed by atoms with E-state index in [1.54, 1.807) is 6.07 Å². The number of carbonyl (C=O) groups is 2. The molecule has 0 radical (unpaired) electrons. The molecule has 0 fully saturated rings. The van der Waals surface area contributed by atoms with Crippen LogP contribution in [0.4, 0.5) is 5.69 Å². The number of anilines is 1. The Bertz CT molecular complexity index is 474. The van der Waals surface area contributed by atoms with Gasteiger partial charge in [-0.2, -0.15) is 0 Å². The molecule has 0 aromatic heterocycles. The van der Waals surface area contributed by atoms with Gasteiger partial charge < -0.3 is 16.8 Å². The van der Waals surface area contributed by atoms with Crippen LogP contribution in [0.3, 0.4) is 0 Å².